The number of aryl methyl sites for hydroxylation is 1. The van der Waals surface area contributed by atoms with Crippen LogP contribution in [0.2, 0.25) is 0 Å². The zero-order chi connectivity index (χ0) is 11.7. The Morgan fingerprint density at radius 2 is 2.38 bits per heavy atom. The van der Waals surface area contributed by atoms with E-state index in [9.17, 15) is 4.79 Å². The van der Waals surface area contributed by atoms with Crippen LogP contribution in [-0.4, -0.2) is 32.4 Å². The molecule has 0 radical (unpaired) electrons. The number of fused-ring (bicyclic) bond motifs is 1. The number of hydrogen-bond donors (Lipinski definition) is 1. The fourth-order valence-corrected chi connectivity index (χ4v) is 1.51. The van der Waals surface area contributed by atoms with Crippen LogP contribution in [0.15, 0.2) is 12.4 Å². The summed E-state index contributed by atoms with van der Waals surface area (Å²) in [5.41, 5.74) is 0.540. The molecule has 0 aliphatic carbocycles. The third kappa shape index (κ3) is 1.58. The topological polar surface area (TPSA) is 77.2 Å². The maximum Gasteiger partial charge on any atom is 0.341 e. The summed E-state index contributed by atoms with van der Waals surface area (Å²) in [6.07, 6.45) is 2.96. The number of carboxylic acid groups (broad SMARTS) is 1. The van der Waals surface area contributed by atoms with E-state index in [1.807, 2.05) is 0 Å². The van der Waals surface area contributed by atoms with Gasteiger partial charge in [-0.2, -0.15) is 5.10 Å². The minimum Gasteiger partial charge on any atom is -0.492 e. The number of aromatic carboxylic acids is 1. The molecule has 1 N–H and O–H groups in total. The van der Waals surface area contributed by atoms with Crippen LogP contribution in [0.4, 0.5) is 0 Å². The molecule has 16 heavy (non-hydrogen) atoms. The average Bonchev–Trinajstić information content (AvgIpc) is 2.59. The summed E-state index contributed by atoms with van der Waals surface area (Å²) < 4.78 is 6.93. The van der Waals surface area contributed by atoms with Gasteiger partial charge in [0.25, 0.3) is 0 Å². The van der Waals surface area contributed by atoms with Crippen molar-refractivity contribution in [3.8, 4) is 5.75 Å². The van der Waals surface area contributed by atoms with Crippen molar-refractivity contribution in [1.29, 1.82) is 0 Å². The van der Waals surface area contributed by atoms with E-state index in [-0.39, 0.29) is 5.56 Å². The van der Waals surface area contributed by atoms with Gasteiger partial charge >= 0.3 is 5.97 Å². The lowest BCUT2D eigenvalue weighted by Crippen LogP contribution is -2.04. The highest BCUT2D eigenvalue weighted by Gasteiger charge is 2.17. The molecule has 0 aliphatic heterocycles. The van der Waals surface area contributed by atoms with Crippen molar-refractivity contribution >= 4 is 17.0 Å². The molecule has 0 fully saturated rings. The van der Waals surface area contributed by atoms with Crippen LogP contribution >= 0.6 is 0 Å². The van der Waals surface area contributed by atoms with Crippen molar-refractivity contribution in [3.63, 3.8) is 0 Å². The predicted octanol–water partition coefficient (Wildman–Crippen LogP) is 1.07. The van der Waals surface area contributed by atoms with Crippen molar-refractivity contribution in [1.82, 2.24) is 14.8 Å². The van der Waals surface area contributed by atoms with Crippen molar-refractivity contribution in [2.45, 2.75) is 6.92 Å². The second-order valence-corrected chi connectivity index (χ2v) is 3.28. The van der Waals surface area contributed by atoms with Crippen LogP contribution in [0.1, 0.15) is 17.3 Å². The molecule has 2 heterocycles. The van der Waals surface area contributed by atoms with E-state index in [4.69, 9.17) is 9.84 Å². The quantitative estimate of drug-likeness (QED) is 0.838. The van der Waals surface area contributed by atoms with Crippen molar-refractivity contribution in [2.24, 2.45) is 7.05 Å². The third-order valence-corrected chi connectivity index (χ3v) is 2.13. The lowest BCUT2D eigenvalue weighted by molar-refractivity contribution is 0.0692. The van der Waals surface area contributed by atoms with E-state index in [1.165, 1.54) is 6.20 Å². The van der Waals surface area contributed by atoms with Crippen LogP contribution in [0.25, 0.3) is 11.0 Å². The number of rotatable bonds is 3. The van der Waals surface area contributed by atoms with Gasteiger partial charge in [0, 0.05) is 19.4 Å². The zero-order valence-electron chi connectivity index (χ0n) is 8.97. The summed E-state index contributed by atoms with van der Waals surface area (Å²) in [6, 6.07) is 0. The molecule has 0 spiro atoms. The number of nitrogens with zero attached hydrogens (tertiary/aromatic N) is 3. The molecule has 6 heteroatoms. The first-order chi connectivity index (χ1) is 7.63. The molecule has 0 bridgehead atoms. The average molecular weight is 221 g/mol. The Labute approximate surface area is 91.5 Å². The highest BCUT2D eigenvalue weighted by molar-refractivity contribution is 5.97. The lowest BCUT2D eigenvalue weighted by Gasteiger charge is -2.06. The van der Waals surface area contributed by atoms with Gasteiger partial charge in [0.15, 0.2) is 5.65 Å². The van der Waals surface area contributed by atoms with Gasteiger partial charge in [0.05, 0.1) is 12.0 Å². The molecule has 2 aromatic heterocycles. The van der Waals surface area contributed by atoms with E-state index in [1.54, 1.807) is 24.9 Å². The van der Waals surface area contributed by atoms with Gasteiger partial charge in [-0.3, -0.25) is 4.68 Å². The minimum absolute atomic E-state index is 0.0577. The Kier molecular flexibility index (Phi) is 2.47. The number of carboxylic acids is 1. The monoisotopic (exact) mass is 221 g/mol. The van der Waals surface area contributed by atoms with Gasteiger partial charge in [0.2, 0.25) is 0 Å². The number of aromatic nitrogens is 3. The molecule has 2 aromatic rings. The maximum atomic E-state index is 11.0. The van der Waals surface area contributed by atoms with Crippen LogP contribution < -0.4 is 4.74 Å². The first-order valence-corrected chi connectivity index (χ1v) is 4.82. The van der Waals surface area contributed by atoms with Gasteiger partial charge in [-0.1, -0.05) is 0 Å². The molecular formula is C10H11N3O3. The number of carbonyl (C=O) groups is 1. The molecule has 0 amide bonds. The van der Waals surface area contributed by atoms with E-state index in [2.05, 4.69) is 10.1 Å². The SMILES string of the molecule is CCOc1c(C(=O)O)cnc2nn(C)cc12. The first kappa shape index (κ1) is 10.4. The standard InChI is InChI=1S/C10H11N3O3/c1-3-16-8-6(10(14)15)4-11-9-7(8)5-13(2)12-9/h4-5H,3H2,1-2H3,(H,14,15). The fourth-order valence-electron chi connectivity index (χ4n) is 1.51. The molecular weight excluding hydrogens is 210 g/mol. The van der Waals surface area contributed by atoms with Crippen LogP contribution in [0.5, 0.6) is 5.75 Å². The summed E-state index contributed by atoms with van der Waals surface area (Å²) in [5, 5.41) is 13.7. The van der Waals surface area contributed by atoms with Crippen LogP contribution in [0.3, 0.4) is 0 Å². The summed E-state index contributed by atoms with van der Waals surface area (Å²) in [4.78, 5) is 15.0. The van der Waals surface area contributed by atoms with Gasteiger partial charge in [-0.05, 0) is 6.92 Å². The minimum atomic E-state index is -1.05. The van der Waals surface area contributed by atoms with Crippen molar-refractivity contribution in [3.05, 3.63) is 18.0 Å². The molecule has 0 saturated carbocycles. The van der Waals surface area contributed by atoms with E-state index in [0.29, 0.717) is 23.4 Å². The Morgan fingerprint density at radius 1 is 1.62 bits per heavy atom. The van der Waals surface area contributed by atoms with Crippen molar-refractivity contribution in [2.75, 3.05) is 6.61 Å². The summed E-state index contributed by atoms with van der Waals surface area (Å²) in [7, 11) is 1.75. The Morgan fingerprint density at radius 3 is 3.00 bits per heavy atom. The van der Waals surface area contributed by atoms with Gasteiger partial charge in [0.1, 0.15) is 11.3 Å². The normalized spacial score (nSPS) is 10.6. The van der Waals surface area contributed by atoms with Gasteiger partial charge in [-0.15, -0.1) is 0 Å². The summed E-state index contributed by atoms with van der Waals surface area (Å²) in [5.74, 6) is -0.727. The van der Waals surface area contributed by atoms with Gasteiger partial charge in [-0.25, -0.2) is 9.78 Å². The number of hydrogen-bond acceptors (Lipinski definition) is 4. The Bertz CT molecular complexity index is 547. The third-order valence-electron chi connectivity index (χ3n) is 2.13. The van der Waals surface area contributed by atoms with Crippen LogP contribution in [0, 0.1) is 0 Å². The zero-order valence-corrected chi connectivity index (χ0v) is 8.97. The summed E-state index contributed by atoms with van der Waals surface area (Å²) in [6.45, 7) is 2.20. The predicted molar refractivity (Wildman–Crippen MR) is 56.6 cm³/mol. The largest absolute Gasteiger partial charge is 0.492 e. The molecule has 0 unspecified atom stereocenters. The smallest absolute Gasteiger partial charge is 0.341 e. The highest BCUT2D eigenvalue weighted by atomic mass is 16.5. The van der Waals surface area contributed by atoms with E-state index in [0.717, 1.165) is 0 Å². The second-order valence-electron chi connectivity index (χ2n) is 3.28. The highest BCUT2D eigenvalue weighted by Crippen LogP contribution is 2.27. The Hall–Kier alpha value is -2.11. The van der Waals surface area contributed by atoms with Crippen LogP contribution in [-0.2, 0) is 7.05 Å². The number of ether oxygens (including phenoxy) is 1. The second kappa shape index (κ2) is 3.80. The van der Waals surface area contributed by atoms with Gasteiger partial charge < -0.3 is 9.84 Å². The fraction of sp³-hybridized carbons (Fsp3) is 0.300. The molecule has 0 aromatic carbocycles. The molecule has 2 rings (SSSR count). The Balaban J connectivity index is 2.72. The first-order valence-electron chi connectivity index (χ1n) is 4.82. The molecule has 84 valence electrons. The molecule has 6 nitrogen and oxygen atoms in total. The number of pyridine rings is 1. The lowest BCUT2D eigenvalue weighted by atomic mass is 10.2. The summed E-state index contributed by atoms with van der Waals surface area (Å²) >= 11 is 0. The molecule has 0 saturated heterocycles. The van der Waals surface area contributed by atoms with Crippen molar-refractivity contribution < 1.29 is 14.6 Å². The maximum absolute atomic E-state index is 11.0. The van der Waals surface area contributed by atoms with E-state index >= 15 is 0 Å². The molecule has 0 aliphatic rings. The van der Waals surface area contributed by atoms with E-state index < -0.39 is 5.97 Å². The molecule has 0 atom stereocenters.